The van der Waals surface area contributed by atoms with Crippen LogP contribution in [0.2, 0.25) is 0 Å². The van der Waals surface area contributed by atoms with Crippen molar-refractivity contribution in [1.82, 2.24) is 5.32 Å². The van der Waals surface area contributed by atoms with Crippen molar-refractivity contribution in [2.75, 3.05) is 17.6 Å². The lowest BCUT2D eigenvalue weighted by molar-refractivity contribution is -0.122. The molecule has 2 rings (SSSR count). The number of thioether (sulfide) groups is 1. The maximum absolute atomic E-state index is 12.5. The Bertz CT molecular complexity index is 481. The Morgan fingerprint density at radius 1 is 1.50 bits per heavy atom. The minimum Gasteiger partial charge on any atom is -0.323 e. The molecule has 4 heteroatoms. The Hall–Kier alpha value is -1.26. The van der Waals surface area contributed by atoms with Gasteiger partial charge in [0, 0.05) is 10.6 Å². The van der Waals surface area contributed by atoms with Gasteiger partial charge in [0.15, 0.2) is 0 Å². The summed E-state index contributed by atoms with van der Waals surface area (Å²) in [6.45, 7) is 6.63. The van der Waals surface area contributed by atoms with Crippen molar-refractivity contribution in [2.45, 2.75) is 36.6 Å². The number of benzene rings is 1. The molecule has 1 unspecified atom stereocenters. The Labute approximate surface area is 125 Å². The fourth-order valence-corrected chi connectivity index (χ4v) is 3.10. The summed E-state index contributed by atoms with van der Waals surface area (Å²) in [7, 11) is 0. The second-order valence-electron chi connectivity index (χ2n) is 5.27. The van der Waals surface area contributed by atoms with Crippen molar-refractivity contribution < 1.29 is 4.79 Å². The fourth-order valence-electron chi connectivity index (χ4n) is 2.35. The molecule has 1 atom stereocenters. The van der Waals surface area contributed by atoms with E-state index in [2.05, 4.69) is 17.2 Å². The van der Waals surface area contributed by atoms with Gasteiger partial charge >= 0.3 is 0 Å². The van der Waals surface area contributed by atoms with Crippen LogP contribution in [0.1, 0.15) is 26.2 Å². The third-order valence-corrected chi connectivity index (χ3v) is 4.68. The van der Waals surface area contributed by atoms with E-state index in [1.165, 1.54) is 0 Å². The molecule has 0 aliphatic carbocycles. The van der Waals surface area contributed by atoms with Crippen LogP contribution in [0, 0.1) is 0 Å². The Morgan fingerprint density at radius 2 is 2.30 bits per heavy atom. The molecule has 3 nitrogen and oxygen atoms in total. The zero-order chi connectivity index (χ0) is 14.4. The summed E-state index contributed by atoms with van der Waals surface area (Å²) in [4.78, 5) is 13.6. The molecule has 1 fully saturated rings. The number of nitrogens with one attached hydrogen (secondary N) is 2. The van der Waals surface area contributed by atoms with E-state index < -0.39 is 5.54 Å². The molecule has 0 aromatic heterocycles. The molecule has 0 spiro atoms. The van der Waals surface area contributed by atoms with Crippen molar-refractivity contribution in [1.29, 1.82) is 0 Å². The summed E-state index contributed by atoms with van der Waals surface area (Å²) in [6, 6.07) is 7.92. The molecular weight excluding hydrogens is 268 g/mol. The molecule has 0 saturated carbocycles. The summed E-state index contributed by atoms with van der Waals surface area (Å²) in [5, 5.41) is 6.42. The van der Waals surface area contributed by atoms with E-state index in [0.29, 0.717) is 0 Å². The number of para-hydroxylation sites is 1. The van der Waals surface area contributed by atoms with Gasteiger partial charge in [-0.05, 0) is 44.9 Å². The molecule has 1 aliphatic heterocycles. The highest BCUT2D eigenvalue weighted by Gasteiger charge is 2.34. The van der Waals surface area contributed by atoms with Crippen molar-refractivity contribution in [3.05, 3.63) is 36.9 Å². The van der Waals surface area contributed by atoms with Gasteiger partial charge in [0.2, 0.25) is 5.91 Å². The van der Waals surface area contributed by atoms with Crippen LogP contribution in [0.25, 0.3) is 0 Å². The van der Waals surface area contributed by atoms with Crippen LogP contribution < -0.4 is 10.6 Å². The number of rotatable bonds is 5. The number of piperidine rings is 1. The summed E-state index contributed by atoms with van der Waals surface area (Å²) < 4.78 is 0. The molecule has 2 N–H and O–H groups in total. The molecule has 0 bridgehead atoms. The number of hydrogen-bond donors (Lipinski definition) is 2. The van der Waals surface area contributed by atoms with Gasteiger partial charge in [-0.15, -0.1) is 18.3 Å². The minimum atomic E-state index is -0.450. The monoisotopic (exact) mass is 290 g/mol. The fraction of sp³-hybridized carbons (Fsp3) is 0.438. The van der Waals surface area contributed by atoms with Crippen molar-refractivity contribution in [2.24, 2.45) is 0 Å². The number of hydrogen-bond acceptors (Lipinski definition) is 3. The van der Waals surface area contributed by atoms with Crippen LogP contribution in [-0.4, -0.2) is 23.7 Å². The number of amides is 1. The molecule has 108 valence electrons. The van der Waals surface area contributed by atoms with Gasteiger partial charge in [-0.2, -0.15) is 0 Å². The van der Waals surface area contributed by atoms with Gasteiger partial charge in [-0.1, -0.05) is 18.2 Å². The SMILES string of the molecule is C=CCSc1ccccc1NC(=O)C1(C)CCCCN1. The summed E-state index contributed by atoms with van der Waals surface area (Å²) >= 11 is 1.68. The Kier molecular flexibility index (Phi) is 5.26. The zero-order valence-corrected chi connectivity index (χ0v) is 12.8. The number of carbonyl (C=O) groups excluding carboxylic acids is 1. The zero-order valence-electron chi connectivity index (χ0n) is 11.9. The molecule has 20 heavy (non-hydrogen) atoms. The first kappa shape index (κ1) is 15.1. The van der Waals surface area contributed by atoms with Gasteiger partial charge in [-0.25, -0.2) is 0 Å². The second-order valence-corrected chi connectivity index (χ2v) is 6.33. The number of carbonyl (C=O) groups is 1. The third-order valence-electron chi connectivity index (χ3n) is 3.61. The maximum atomic E-state index is 12.5. The molecular formula is C16H22N2OS. The molecule has 1 aromatic rings. The summed E-state index contributed by atoms with van der Waals surface area (Å²) in [5.41, 5.74) is 0.437. The molecule has 0 radical (unpaired) electrons. The molecule has 1 aliphatic rings. The quantitative estimate of drug-likeness (QED) is 0.645. The average Bonchev–Trinajstić information content (AvgIpc) is 2.47. The molecule has 1 heterocycles. The van der Waals surface area contributed by atoms with E-state index in [1.807, 2.05) is 37.3 Å². The molecule has 1 aromatic carbocycles. The Morgan fingerprint density at radius 3 is 3.00 bits per heavy atom. The predicted molar refractivity (Wildman–Crippen MR) is 86.3 cm³/mol. The smallest absolute Gasteiger partial charge is 0.244 e. The van der Waals surface area contributed by atoms with Gasteiger partial charge in [-0.3, -0.25) is 4.79 Å². The van der Waals surface area contributed by atoms with E-state index in [4.69, 9.17) is 0 Å². The maximum Gasteiger partial charge on any atom is 0.244 e. The largest absolute Gasteiger partial charge is 0.323 e. The molecule has 1 amide bonds. The predicted octanol–water partition coefficient (Wildman–Crippen LogP) is 3.44. The minimum absolute atomic E-state index is 0.0591. The van der Waals surface area contributed by atoms with Gasteiger partial charge in [0.25, 0.3) is 0 Å². The van der Waals surface area contributed by atoms with Crippen LogP contribution in [-0.2, 0) is 4.79 Å². The van der Waals surface area contributed by atoms with Crippen molar-refractivity contribution in [3.8, 4) is 0 Å². The summed E-state index contributed by atoms with van der Waals surface area (Å²) in [6.07, 6.45) is 5.01. The van der Waals surface area contributed by atoms with Crippen LogP contribution in [0.4, 0.5) is 5.69 Å². The van der Waals surface area contributed by atoms with Crippen LogP contribution in [0.15, 0.2) is 41.8 Å². The molecule has 1 saturated heterocycles. The highest BCUT2D eigenvalue weighted by atomic mass is 32.2. The van der Waals surface area contributed by atoms with Gasteiger partial charge < -0.3 is 10.6 Å². The van der Waals surface area contributed by atoms with Crippen LogP contribution >= 0.6 is 11.8 Å². The Balaban J connectivity index is 2.08. The van der Waals surface area contributed by atoms with Gasteiger partial charge in [0.1, 0.15) is 0 Å². The average molecular weight is 290 g/mol. The second kappa shape index (κ2) is 6.95. The van der Waals surface area contributed by atoms with E-state index in [9.17, 15) is 4.79 Å². The first-order valence-electron chi connectivity index (χ1n) is 7.05. The van der Waals surface area contributed by atoms with Crippen LogP contribution in [0.5, 0.6) is 0 Å². The number of anilines is 1. The normalized spacial score (nSPS) is 22.2. The van der Waals surface area contributed by atoms with Crippen LogP contribution in [0.3, 0.4) is 0 Å². The highest BCUT2D eigenvalue weighted by molar-refractivity contribution is 7.99. The van der Waals surface area contributed by atoms with E-state index in [0.717, 1.165) is 42.1 Å². The van der Waals surface area contributed by atoms with Crippen molar-refractivity contribution >= 4 is 23.4 Å². The topological polar surface area (TPSA) is 41.1 Å². The van der Waals surface area contributed by atoms with E-state index >= 15 is 0 Å². The lowest BCUT2D eigenvalue weighted by atomic mass is 9.90. The first-order valence-corrected chi connectivity index (χ1v) is 8.03. The lowest BCUT2D eigenvalue weighted by Crippen LogP contribution is -2.54. The summed E-state index contributed by atoms with van der Waals surface area (Å²) in [5.74, 6) is 0.895. The highest BCUT2D eigenvalue weighted by Crippen LogP contribution is 2.28. The van der Waals surface area contributed by atoms with Gasteiger partial charge in [0.05, 0.1) is 11.2 Å². The van der Waals surface area contributed by atoms with Crippen molar-refractivity contribution in [3.63, 3.8) is 0 Å². The lowest BCUT2D eigenvalue weighted by Gasteiger charge is -2.33. The van der Waals surface area contributed by atoms with E-state index in [1.54, 1.807) is 11.8 Å². The first-order chi connectivity index (χ1) is 9.65. The van der Waals surface area contributed by atoms with E-state index in [-0.39, 0.29) is 5.91 Å². The standard InChI is InChI=1S/C16H22N2OS/c1-3-12-20-14-9-5-4-8-13(14)18-15(19)16(2)10-6-7-11-17-16/h3-5,8-9,17H,1,6-7,10-12H2,2H3,(H,18,19). The third kappa shape index (κ3) is 3.64.